The molecule has 0 aromatic carbocycles. The van der Waals surface area contributed by atoms with Gasteiger partial charge in [-0.25, -0.2) is 4.98 Å². The fourth-order valence-corrected chi connectivity index (χ4v) is 2.37. The Kier molecular flexibility index (Phi) is 2.40. The van der Waals surface area contributed by atoms with Gasteiger partial charge in [0.05, 0.1) is 17.3 Å². The summed E-state index contributed by atoms with van der Waals surface area (Å²) in [6.07, 6.45) is 4.10. The largest absolute Gasteiger partial charge is 0.331 e. The maximum atomic E-state index is 10.9. The maximum absolute atomic E-state index is 10.9. The zero-order valence-corrected chi connectivity index (χ0v) is 8.79. The third-order valence-corrected chi connectivity index (χ3v) is 3.00. The van der Waals surface area contributed by atoms with Gasteiger partial charge in [0.2, 0.25) is 0 Å². The molecule has 0 aliphatic carbocycles. The highest BCUT2D eigenvalue weighted by Gasteiger charge is 2.24. The number of imidazole rings is 1. The predicted octanol–water partition coefficient (Wildman–Crippen LogP) is 1.83. The van der Waals surface area contributed by atoms with Crippen molar-refractivity contribution in [3.8, 4) is 0 Å². The van der Waals surface area contributed by atoms with Gasteiger partial charge in [-0.15, -0.1) is 0 Å². The Bertz CT molecular complexity index is 354. The van der Waals surface area contributed by atoms with Gasteiger partial charge in [0.1, 0.15) is 12.1 Å². The third kappa shape index (κ3) is 1.27. The minimum Gasteiger partial charge on any atom is -0.331 e. The van der Waals surface area contributed by atoms with Crippen LogP contribution in [0, 0.1) is 6.92 Å². The van der Waals surface area contributed by atoms with Crippen molar-refractivity contribution in [3.63, 3.8) is 0 Å². The average molecular weight is 192 g/mol. The molecule has 0 amide bonds. The number of aromatic nitrogens is 2. The molecule has 0 N–H and O–H groups in total. The van der Waals surface area contributed by atoms with E-state index in [4.69, 9.17) is 0 Å². The van der Waals surface area contributed by atoms with Crippen LogP contribution in [-0.4, -0.2) is 15.8 Å². The smallest absolute Gasteiger partial charge is 0.129 e. The summed E-state index contributed by atoms with van der Waals surface area (Å²) in [7, 11) is 0. The maximum Gasteiger partial charge on any atom is 0.129 e. The quantitative estimate of drug-likeness (QED) is 0.670. The summed E-state index contributed by atoms with van der Waals surface area (Å²) in [5, 5.41) is 0. The monoisotopic (exact) mass is 192 g/mol. The molecule has 14 heavy (non-hydrogen) atoms. The lowest BCUT2D eigenvalue weighted by atomic mass is 9.96. The Morgan fingerprint density at radius 3 is 3.07 bits per heavy atom. The minimum absolute atomic E-state index is 0.0801. The van der Waals surface area contributed by atoms with Crippen LogP contribution in [0.2, 0.25) is 0 Å². The van der Waals surface area contributed by atoms with Gasteiger partial charge in [0, 0.05) is 13.0 Å². The van der Waals surface area contributed by atoms with Crippen LogP contribution in [0.4, 0.5) is 0 Å². The molecule has 1 atom stereocenters. The van der Waals surface area contributed by atoms with E-state index in [9.17, 15) is 4.79 Å². The second kappa shape index (κ2) is 3.56. The number of aryl methyl sites for hydroxylation is 2. The number of fused-ring (bicyclic) bond motifs is 1. The highest BCUT2D eigenvalue weighted by atomic mass is 16.1. The standard InChI is InChI=1S/C11H16N2O/c1-3-10-12-8(2)11-9(7-14)5-4-6-13(10)11/h7,9H,3-6H2,1-2H3. The molecule has 2 heterocycles. The van der Waals surface area contributed by atoms with Crippen molar-refractivity contribution in [1.29, 1.82) is 0 Å². The van der Waals surface area contributed by atoms with Crippen LogP contribution < -0.4 is 0 Å². The SMILES string of the molecule is CCc1nc(C)c2n1CCCC2C=O. The summed E-state index contributed by atoms with van der Waals surface area (Å²) >= 11 is 0. The van der Waals surface area contributed by atoms with Crippen LogP contribution in [-0.2, 0) is 17.8 Å². The topological polar surface area (TPSA) is 34.9 Å². The molecule has 76 valence electrons. The summed E-state index contributed by atoms with van der Waals surface area (Å²) in [6.45, 7) is 5.15. The molecule has 1 aliphatic rings. The highest BCUT2D eigenvalue weighted by Crippen LogP contribution is 2.29. The third-order valence-electron chi connectivity index (χ3n) is 3.00. The molecule has 0 saturated heterocycles. The molecule has 1 aliphatic heterocycles. The van der Waals surface area contributed by atoms with Crippen LogP contribution >= 0.6 is 0 Å². The Labute approximate surface area is 84.1 Å². The lowest BCUT2D eigenvalue weighted by Crippen LogP contribution is -2.18. The molecule has 3 nitrogen and oxygen atoms in total. The first-order chi connectivity index (χ1) is 6.77. The molecule has 0 fully saturated rings. The first-order valence-electron chi connectivity index (χ1n) is 5.29. The van der Waals surface area contributed by atoms with Crippen molar-refractivity contribution in [2.24, 2.45) is 0 Å². The van der Waals surface area contributed by atoms with Gasteiger partial charge in [-0.1, -0.05) is 6.92 Å². The van der Waals surface area contributed by atoms with Crippen molar-refractivity contribution in [2.75, 3.05) is 0 Å². The number of aldehydes is 1. The zero-order chi connectivity index (χ0) is 10.1. The Hall–Kier alpha value is -1.12. The first kappa shape index (κ1) is 9.44. The number of hydrogen-bond donors (Lipinski definition) is 0. The lowest BCUT2D eigenvalue weighted by Gasteiger charge is -2.21. The summed E-state index contributed by atoms with van der Waals surface area (Å²) in [6, 6.07) is 0. The number of nitrogens with zero attached hydrogens (tertiary/aromatic N) is 2. The van der Waals surface area contributed by atoms with Gasteiger partial charge in [0.25, 0.3) is 0 Å². The average Bonchev–Trinajstić information content (AvgIpc) is 2.55. The molecule has 1 aromatic heterocycles. The Morgan fingerprint density at radius 2 is 2.43 bits per heavy atom. The summed E-state index contributed by atoms with van der Waals surface area (Å²) < 4.78 is 2.23. The summed E-state index contributed by atoms with van der Waals surface area (Å²) in [4.78, 5) is 15.4. The molecular weight excluding hydrogens is 176 g/mol. The molecule has 1 aromatic rings. The Balaban J connectivity index is 2.51. The van der Waals surface area contributed by atoms with Gasteiger partial charge >= 0.3 is 0 Å². The van der Waals surface area contributed by atoms with Crippen molar-refractivity contribution >= 4 is 6.29 Å². The normalized spacial score (nSPS) is 20.6. The minimum atomic E-state index is 0.0801. The van der Waals surface area contributed by atoms with Gasteiger partial charge < -0.3 is 9.36 Å². The fourth-order valence-electron chi connectivity index (χ4n) is 2.37. The molecule has 0 bridgehead atoms. The van der Waals surface area contributed by atoms with Crippen LogP contribution in [0.1, 0.15) is 42.9 Å². The molecule has 1 unspecified atom stereocenters. The van der Waals surface area contributed by atoms with Crippen LogP contribution in [0.5, 0.6) is 0 Å². The molecular formula is C11H16N2O. The van der Waals surface area contributed by atoms with Gasteiger partial charge in [-0.05, 0) is 19.8 Å². The molecule has 0 radical (unpaired) electrons. The van der Waals surface area contributed by atoms with E-state index in [-0.39, 0.29) is 5.92 Å². The first-order valence-corrected chi connectivity index (χ1v) is 5.29. The van der Waals surface area contributed by atoms with Crippen LogP contribution in [0.15, 0.2) is 0 Å². The van der Waals surface area contributed by atoms with Gasteiger partial charge in [-0.3, -0.25) is 0 Å². The van der Waals surface area contributed by atoms with Gasteiger partial charge in [0.15, 0.2) is 0 Å². The molecule has 0 spiro atoms. The summed E-state index contributed by atoms with van der Waals surface area (Å²) in [5.41, 5.74) is 2.20. The molecule has 2 rings (SSSR count). The fraction of sp³-hybridized carbons (Fsp3) is 0.636. The van der Waals surface area contributed by atoms with Crippen molar-refractivity contribution in [2.45, 2.75) is 45.6 Å². The van der Waals surface area contributed by atoms with E-state index in [1.807, 2.05) is 6.92 Å². The molecule has 3 heteroatoms. The van der Waals surface area contributed by atoms with E-state index in [0.29, 0.717) is 0 Å². The number of rotatable bonds is 2. The van der Waals surface area contributed by atoms with Crippen molar-refractivity contribution < 1.29 is 4.79 Å². The van der Waals surface area contributed by atoms with Crippen molar-refractivity contribution in [1.82, 2.24) is 9.55 Å². The van der Waals surface area contributed by atoms with E-state index in [0.717, 1.165) is 49.3 Å². The van der Waals surface area contributed by atoms with Crippen molar-refractivity contribution in [3.05, 3.63) is 17.2 Å². The number of carbonyl (C=O) groups is 1. The molecule has 0 saturated carbocycles. The summed E-state index contributed by atoms with van der Waals surface area (Å²) in [5.74, 6) is 1.21. The number of hydrogen-bond acceptors (Lipinski definition) is 2. The van der Waals surface area contributed by atoms with E-state index in [2.05, 4.69) is 16.5 Å². The van der Waals surface area contributed by atoms with E-state index in [1.165, 1.54) is 0 Å². The Morgan fingerprint density at radius 1 is 1.64 bits per heavy atom. The zero-order valence-electron chi connectivity index (χ0n) is 8.79. The van der Waals surface area contributed by atoms with Gasteiger partial charge in [-0.2, -0.15) is 0 Å². The van der Waals surface area contributed by atoms with E-state index in [1.54, 1.807) is 0 Å². The predicted molar refractivity (Wildman–Crippen MR) is 54.4 cm³/mol. The second-order valence-corrected chi connectivity index (χ2v) is 3.89. The number of carbonyl (C=O) groups excluding carboxylic acids is 1. The lowest BCUT2D eigenvalue weighted by molar-refractivity contribution is -0.109. The van der Waals surface area contributed by atoms with Crippen LogP contribution in [0.3, 0.4) is 0 Å². The van der Waals surface area contributed by atoms with Crippen LogP contribution in [0.25, 0.3) is 0 Å². The van der Waals surface area contributed by atoms with E-state index < -0.39 is 0 Å². The second-order valence-electron chi connectivity index (χ2n) is 3.89. The van der Waals surface area contributed by atoms with E-state index >= 15 is 0 Å². The highest BCUT2D eigenvalue weighted by molar-refractivity contribution is 5.62.